The summed E-state index contributed by atoms with van der Waals surface area (Å²) in [6.07, 6.45) is 1.57. The van der Waals surface area contributed by atoms with E-state index >= 15 is 0 Å². The first-order chi connectivity index (χ1) is 14.7. The van der Waals surface area contributed by atoms with Crippen molar-refractivity contribution in [3.8, 4) is 11.8 Å². The lowest BCUT2D eigenvalue weighted by Gasteiger charge is -2.12. The molecule has 1 N–H and O–H groups in total. The Labute approximate surface area is 176 Å². The normalized spacial score (nSPS) is 10.5. The highest BCUT2D eigenvalue weighted by Crippen LogP contribution is 2.21. The van der Waals surface area contributed by atoms with Crippen LogP contribution < -0.4 is 10.9 Å². The van der Waals surface area contributed by atoms with Crippen LogP contribution in [0.1, 0.15) is 5.56 Å². The highest BCUT2D eigenvalue weighted by molar-refractivity contribution is 7.99. The van der Waals surface area contributed by atoms with Crippen LogP contribution in [0, 0.1) is 11.3 Å². The molecule has 0 atom stereocenters. The molecule has 8 heteroatoms. The average molecular weight is 413 g/mol. The maximum Gasteiger partial charge on any atom is 0.268 e. The second-order valence-electron chi connectivity index (χ2n) is 6.27. The predicted octanol–water partition coefficient (Wildman–Crippen LogP) is 3.38. The van der Waals surface area contributed by atoms with Gasteiger partial charge in [-0.1, -0.05) is 36.0 Å². The van der Waals surface area contributed by atoms with E-state index in [2.05, 4.69) is 15.3 Å². The van der Waals surface area contributed by atoms with Gasteiger partial charge in [0.2, 0.25) is 5.91 Å². The zero-order valence-corrected chi connectivity index (χ0v) is 16.5. The van der Waals surface area contributed by atoms with Crippen molar-refractivity contribution >= 4 is 34.4 Å². The first-order valence-corrected chi connectivity index (χ1v) is 10.0. The van der Waals surface area contributed by atoms with E-state index in [9.17, 15) is 9.59 Å². The number of aromatic nitrogens is 3. The molecule has 0 aliphatic rings. The van der Waals surface area contributed by atoms with Crippen molar-refractivity contribution in [2.45, 2.75) is 5.16 Å². The first-order valence-electron chi connectivity index (χ1n) is 9.02. The summed E-state index contributed by atoms with van der Waals surface area (Å²) in [7, 11) is 0. The number of amides is 1. The molecule has 0 bridgehead atoms. The van der Waals surface area contributed by atoms with E-state index < -0.39 is 0 Å². The Morgan fingerprint density at radius 3 is 2.73 bits per heavy atom. The Balaban J connectivity index is 1.64. The largest absolute Gasteiger partial charge is 0.325 e. The minimum Gasteiger partial charge on any atom is -0.325 e. The van der Waals surface area contributed by atoms with Crippen LogP contribution in [0.3, 0.4) is 0 Å². The number of thioether (sulfide) groups is 1. The van der Waals surface area contributed by atoms with Crippen molar-refractivity contribution in [3.63, 3.8) is 0 Å². The molecule has 30 heavy (non-hydrogen) atoms. The second kappa shape index (κ2) is 8.59. The van der Waals surface area contributed by atoms with Crippen LogP contribution in [0.4, 0.5) is 5.69 Å². The van der Waals surface area contributed by atoms with E-state index in [0.717, 1.165) is 11.8 Å². The van der Waals surface area contributed by atoms with Crippen LogP contribution in [0.25, 0.3) is 16.7 Å². The summed E-state index contributed by atoms with van der Waals surface area (Å²) in [5.41, 5.74) is 1.74. The van der Waals surface area contributed by atoms with E-state index in [1.165, 1.54) is 4.57 Å². The Hall–Kier alpha value is -3.96. The Morgan fingerprint density at radius 2 is 1.93 bits per heavy atom. The van der Waals surface area contributed by atoms with Gasteiger partial charge in [-0.25, -0.2) is 9.97 Å². The molecule has 2 heterocycles. The Kier molecular flexibility index (Phi) is 5.54. The molecule has 2 aromatic heterocycles. The summed E-state index contributed by atoms with van der Waals surface area (Å²) < 4.78 is 1.48. The van der Waals surface area contributed by atoms with Gasteiger partial charge in [0.05, 0.1) is 28.5 Å². The molecule has 0 aliphatic heterocycles. The number of para-hydroxylation sites is 1. The third-order valence-corrected chi connectivity index (χ3v) is 5.17. The van der Waals surface area contributed by atoms with Gasteiger partial charge in [0.25, 0.3) is 5.56 Å². The molecule has 4 aromatic rings. The van der Waals surface area contributed by atoms with Crippen LogP contribution in [-0.2, 0) is 4.79 Å². The third kappa shape index (κ3) is 4.06. The van der Waals surface area contributed by atoms with Gasteiger partial charge in [0, 0.05) is 11.9 Å². The van der Waals surface area contributed by atoms with Gasteiger partial charge in [0.15, 0.2) is 10.8 Å². The molecule has 7 nitrogen and oxygen atoms in total. The standard InChI is InChI=1S/C22H15N5O2S/c23-13-15-6-4-7-16(12-15)25-19(28)14-30-22-26-20-18(10-5-11-24-20)21(29)27(22)17-8-2-1-3-9-17/h1-12H,14H2,(H,25,28). The first kappa shape index (κ1) is 19.4. The van der Waals surface area contributed by atoms with Gasteiger partial charge in [0.1, 0.15) is 0 Å². The lowest BCUT2D eigenvalue weighted by Crippen LogP contribution is -2.23. The molecule has 0 fully saturated rings. The summed E-state index contributed by atoms with van der Waals surface area (Å²) >= 11 is 1.14. The summed E-state index contributed by atoms with van der Waals surface area (Å²) in [6, 6.07) is 21.2. The lowest BCUT2D eigenvalue weighted by molar-refractivity contribution is -0.113. The smallest absolute Gasteiger partial charge is 0.268 e. The van der Waals surface area contributed by atoms with Crippen molar-refractivity contribution in [2.75, 3.05) is 11.1 Å². The van der Waals surface area contributed by atoms with Crippen LogP contribution in [0.15, 0.2) is 82.9 Å². The van der Waals surface area contributed by atoms with Crippen molar-refractivity contribution < 1.29 is 4.79 Å². The summed E-state index contributed by atoms with van der Waals surface area (Å²) in [5, 5.41) is 12.5. The van der Waals surface area contributed by atoms with Crippen molar-refractivity contribution in [1.82, 2.24) is 14.5 Å². The Morgan fingerprint density at radius 1 is 1.10 bits per heavy atom. The van der Waals surface area contributed by atoms with Gasteiger partial charge in [-0.3, -0.25) is 14.2 Å². The number of rotatable bonds is 5. The van der Waals surface area contributed by atoms with E-state index in [4.69, 9.17) is 5.26 Å². The molecular weight excluding hydrogens is 398 g/mol. The molecule has 146 valence electrons. The minimum atomic E-state index is -0.273. The fourth-order valence-corrected chi connectivity index (χ4v) is 3.70. The number of fused-ring (bicyclic) bond motifs is 1. The maximum atomic E-state index is 13.1. The highest BCUT2D eigenvalue weighted by Gasteiger charge is 2.15. The molecule has 4 rings (SSSR count). The van der Waals surface area contributed by atoms with Gasteiger partial charge in [-0.15, -0.1) is 0 Å². The third-order valence-electron chi connectivity index (χ3n) is 4.24. The van der Waals surface area contributed by atoms with Gasteiger partial charge in [-0.05, 0) is 42.5 Å². The quantitative estimate of drug-likeness (QED) is 0.398. The Bertz CT molecular complexity index is 1330. The topological polar surface area (TPSA) is 101 Å². The molecule has 0 saturated heterocycles. The molecule has 0 radical (unpaired) electrons. The fraction of sp³-hybridized carbons (Fsp3) is 0.0455. The summed E-state index contributed by atoms with van der Waals surface area (Å²) in [5.74, 6) is -0.237. The molecule has 0 saturated carbocycles. The number of carbonyl (C=O) groups excluding carboxylic acids is 1. The zero-order chi connectivity index (χ0) is 20.9. The number of carbonyl (C=O) groups is 1. The van der Waals surface area contributed by atoms with E-state index in [1.807, 2.05) is 36.4 Å². The van der Waals surface area contributed by atoms with Gasteiger partial charge >= 0.3 is 0 Å². The van der Waals surface area contributed by atoms with Crippen molar-refractivity contribution in [1.29, 1.82) is 5.26 Å². The second-order valence-corrected chi connectivity index (χ2v) is 7.22. The fourth-order valence-electron chi connectivity index (χ4n) is 2.90. The number of nitriles is 1. The van der Waals surface area contributed by atoms with Crippen molar-refractivity contribution in [2.24, 2.45) is 0 Å². The van der Waals surface area contributed by atoms with Crippen molar-refractivity contribution in [3.05, 3.63) is 88.8 Å². The number of hydrogen-bond donors (Lipinski definition) is 1. The number of nitrogens with one attached hydrogen (secondary N) is 1. The maximum absolute atomic E-state index is 13.1. The lowest BCUT2D eigenvalue weighted by atomic mass is 10.2. The van der Waals surface area contributed by atoms with Crippen LogP contribution in [-0.4, -0.2) is 26.2 Å². The number of anilines is 1. The molecule has 2 aromatic carbocycles. The van der Waals surface area contributed by atoms with Gasteiger partial charge in [-0.2, -0.15) is 5.26 Å². The molecular formula is C22H15N5O2S. The van der Waals surface area contributed by atoms with E-state index in [1.54, 1.807) is 42.6 Å². The van der Waals surface area contributed by atoms with Crippen LogP contribution in [0.5, 0.6) is 0 Å². The monoisotopic (exact) mass is 413 g/mol. The van der Waals surface area contributed by atoms with Crippen LogP contribution in [0.2, 0.25) is 0 Å². The predicted molar refractivity (Wildman–Crippen MR) is 116 cm³/mol. The summed E-state index contributed by atoms with van der Waals surface area (Å²) in [4.78, 5) is 34.2. The number of pyridine rings is 1. The zero-order valence-electron chi connectivity index (χ0n) is 15.6. The van der Waals surface area contributed by atoms with E-state index in [-0.39, 0.29) is 17.2 Å². The number of nitrogens with zero attached hydrogens (tertiary/aromatic N) is 4. The summed E-state index contributed by atoms with van der Waals surface area (Å²) in [6.45, 7) is 0. The highest BCUT2D eigenvalue weighted by atomic mass is 32.2. The SMILES string of the molecule is N#Cc1cccc(NC(=O)CSc2nc3ncccc3c(=O)n2-c2ccccc2)c1. The van der Waals surface area contributed by atoms with Crippen LogP contribution >= 0.6 is 11.8 Å². The number of benzene rings is 2. The molecule has 0 unspecified atom stereocenters. The average Bonchev–Trinajstić information content (AvgIpc) is 2.78. The molecule has 0 aliphatic carbocycles. The molecule has 0 spiro atoms. The van der Waals surface area contributed by atoms with E-state index in [0.29, 0.717) is 33.1 Å². The molecule has 1 amide bonds. The minimum absolute atomic E-state index is 0.0361. The number of hydrogen-bond acceptors (Lipinski definition) is 6. The van der Waals surface area contributed by atoms with Gasteiger partial charge < -0.3 is 5.32 Å².